The fourth-order valence-electron chi connectivity index (χ4n) is 3.30. The summed E-state index contributed by atoms with van der Waals surface area (Å²) in [5, 5.41) is 4.08. The summed E-state index contributed by atoms with van der Waals surface area (Å²) in [5.41, 5.74) is 0.882. The predicted octanol–water partition coefficient (Wildman–Crippen LogP) is 2.84. The zero-order chi connectivity index (χ0) is 21.5. The van der Waals surface area contributed by atoms with Crippen LogP contribution in [0.5, 0.6) is 5.75 Å². The van der Waals surface area contributed by atoms with Crippen LogP contribution in [0.15, 0.2) is 28.8 Å². The van der Waals surface area contributed by atoms with Gasteiger partial charge in [-0.15, -0.1) is 0 Å². The highest BCUT2D eigenvalue weighted by molar-refractivity contribution is 5.80. The second kappa shape index (κ2) is 10.5. The van der Waals surface area contributed by atoms with Gasteiger partial charge in [0.05, 0.1) is 13.7 Å². The van der Waals surface area contributed by atoms with E-state index >= 15 is 0 Å². The zero-order valence-corrected chi connectivity index (χ0v) is 18.3. The van der Waals surface area contributed by atoms with E-state index in [0.717, 1.165) is 30.8 Å². The van der Waals surface area contributed by atoms with E-state index in [9.17, 15) is 4.79 Å². The average molecular weight is 417 g/mol. The molecule has 1 atom stereocenters. The van der Waals surface area contributed by atoms with Crippen molar-refractivity contribution in [2.24, 2.45) is 5.92 Å². The van der Waals surface area contributed by atoms with Crippen molar-refractivity contribution in [2.45, 2.75) is 39.8 Å². The molecule has 1 aliphatic heterocycles. The number of carbonyl (C=O) groups excluding carboxylic acids is 1. The molecule has 3 rings (SSSR count). The number of benzene rings is 1. The van der Waals surface area contributed by atoms with Crippen LogP contribution in [0.1, 0.15) is 33.1 Å². The Morgan fingerprint density at radius 3 is 2.47 bits per heavy atom. The van der Waals surface area contributed by atoms with Gasteiger partial charge in [0.1, 0.15) is 11.9 Å². The van der Waals surface area contributed by atoms with E-state index in [1.807, 2.05) is 36.1 Å². The standard InChI is InChI=1S/C22H32N4O4/c1-16(2)9-14-29-17(3)22(27)26-12-10-25(11-13-26)15-20-23-21(24-30-20)18-5-7-19(28-4)8-6-18/h5-8,16-17H,9-15H2,1-4H3. The lowest BCUT2D eigenvalue weighted by molar-refractivity contribution is -0.144. The van der Waals surface area contributed by atoms with Crippen LogP contribution in [0.2, 0.25) is 0 Å². The third-order valence-corrected chi connectivity index (χ3v) is 5.27. The summed E-state index contributed by atoms with van der Waals surface area (Å²) in [4.78, 5) is 21.2. The van der Waals surface area contributed by atoms with Gasteiger partial charge in [-0.25, -0.2) is 0 Å². The number of aromatic nitrogens is 2. The molecular weight excluding hydrogens is 384 g/mol. The van der Waals surface area contributed by atoms with E-state index in [1.165, 1.54) is 0 Å². The number of hydrogen-bond donors (Lipinski definition) is 0. The topological polar surface area (TPSA) is 80.9 Å². The van der Waals surface area contributed by atoms with Crippen molar-refractivity contribution in [3.63, 3.8) is 0 Å². The fourth-order valence-corrected chi connectivity index (χ4v) is 3.30. The monoisotopic (exact) mass is 416 g/mol. The van der Waals surface area contributed by atoms with Gasteiger partial charge < -0.3 is 18.9 Å². The summed E-state index contributed by atoms with van der Waals surface area (Å²) < 4.78 is 16.3. The lowest BCUT2D eigenvalue weighted by Crippen LogP contribution is -2.51. The molecular formula is C22H32N4O4. The summed E-state index contributed by atoms with van der Waals surface area (Å²) in [5.74, 6) is 2.57. The molecule has 1 amide bonds. The van der Waals surface area contributed by atoms with Crippen molar-refractivity contribution >= 4 is 5.91 Å². The van der Waals surface area contributed by atoms with E-state index in [0.29, 0.717) is 43.9 Å². The Bertz CT molecular complexity index is 798. The maximum Gasteiger partial charge on any atom is 0.251 e. The molecule has 0 spiro atoms. The second-order valence-electron chi connectivity index (χ2n) is 8.04. The van der Waals surface area contributed by atoms with Gasteiger partial charge in [0.2, 0.25) is 11.7 Å². The molecule has 1 aromatic heterocycles. The largest absolute Gasteiger partial charge is 0.497 e. The first-order chi connectivity index (χ1) is 14.5. The van der Waals surface area contributed by atoms with Gasteiger partial charge >= 0.3 is 0 Å². The molecule has 8 heteroatoms. The van der Waals surface area contributed by atoms with Gasteiger partial charge in [-0.05, 0) is 43.5 Å². The first-order valence-corrected chi connectivity index (χ1v) is 10.6. The van der Waals surface area contributed by atoms with Gasteiger partial charge in [0.15, 0.2) is 0 Å². The fraction of sp³-hybridized carbons (Fsp3) is 0.591. The Morgan fingerprint density at radius 1 is 1.13 bits per heavy atom. The number of hydrogen-bond acceptors (Lipinski definition) is 7. The second-order valence-corrected chi connectivity index (χ2v) is 8.04. The van der Waals surface area contributed by atoms with E-state index in [4.69, 9.17) is 14.0 Å². The van der Waals surface area contributed by atoms with Crippen molar-refractivity contribution in [1.29, 1.82) is 0 Å². The molecule has 0 bridgehead atoms. The van der Waals surface area contributed by atoms with Crippen LogP contribution in [-0.4, -0.2) is 71.8 Å². The minimum Gasteiger partial charge on any atom is -0.497 e. The summed E-state index contributed by atoms with van der Waals surface area (Å²) >= 11 is 0. The Hall–Kier alpha value is -2.45. The van der Waals surface area contributed by atoms with Crippen molar-refractivity contribution in [3.05, 3.63) is 30.2 Å². The van der Waals surface area contributed by atoms with Crippen molar-refractivity contribution < 1.29 is 18.8 Å². The van der Waals surface area contributed by atoms with Crippen LogP contribution >= 0.6 is 0 Å². The molecule has 2 heterocycles. The van der Waals surface area contributed by atoms with Crippen molar-refractivity contribution in [2.75, 3.05) is 39.9 Å². The van der Waals surface area contributed by atoms with Crippen molar-refractivity contribution in [3.8, 4) is 17.1 Å². The van der Waals surface area contributed by atoms with Gasteiger partial charge in [0, 0.05) is 38.3 Å². The Balaban J connectivity index is 1.45. The molecule has 0 N–H and O–H groups in total. The highest BCUT2D eigenvalue weighted by Crippen LogP contribution is 2.20. The molecule has 1 unspecified atom stereocenters. The Morgan fingerprint density at radius 2 is 1.83 bits per heavy atom. The zero-order valence-electron chi connectivity index (χ0n) is 18.3. The number of piperazine rings is 1. The molecule has 1 fully saturated rings. The molecule has 0 saturated carbocycles. The third kappa shape index (κ3) is 6.03. The molecule has 1 aromatic carbocycles. The van der Waals surface area contributed by atoms with E-state index < -0.39 is 6.10 Å². The maximum absolute atomic E-state index is 12.6. The number of nitrogens with zero attached hydrogens (tertiary/aromatic N) is 4. The summed E-state index contributed by atoms with van der Waals surface area (Å²) in [6, 6.07) is 7.55. The number of methoxy groups -OCH3 is 1. The van der Waals surface area contributed by atoms with Crippen LogP contribution in [0, 0.1) is 5.92 Å². The van der Waals surface area contributed by atoms with Gasteiger partial charge in [0.25, 0.3) is 5.91 Å². The summed E-state index contributed by atoms with van der Waals surface area (Å²) in [6.45, 7) is 10.2. The highest BCUT2D eigenvalue weighted by Gasteiger charge is 2.26. The Kier molecular flexibility index (Phi) is 7.81. The number of carbonyl (C=O) groups is 1. The van der Waals surface area contributed by atoms with Crippen LogP contribution in [0.25, 0.3) is 11.4 Å². The number of ether oxygens (including phenoxy) is 2. The summed E-state index contributed by atoms with van der Waals surface area (Å²) in [7, 11) is 1.63. The first kappa shape index (κ1) is 22.2. The molecule has 164 valence electrons. The van der Waals surface area contributed by atoms with E-state index in [-0.39, 0.29) is 5.91 Å². The molecule has 8 nitrogen and oxygen atoms in total. The molecule has 0 aliphatic carbocycles. The van der Waals surface area contributed by atoms with Gasteiger partial charge in [-0.1, -0.05) is 19.0 Å². The van der Waals surface area contributed by atoms with E-state index in [2.05, 4.69) is 28.9 Å². The molecule has 1 saturated heterocycles. The van der Waals surface area contributed by atoms with Gasteiger partial charge in [-0.3, -0.25) is 9.69 Å². The minimum absolute atomic E-state index is 0.0676. The predicted molar refractivity (Wildman–Crippen MR) is 113 cm³/mol. The van der Waals surface area contributed by atoms with E-state index in [1.54, 1.807) is 7.11 Å². The Labute approximate surface area is 178 Å². The number of amides is 1. The maximum atomic E-state index is 12.6. The van der Waals surface area contributed by atoms with Crippen LogP contribution < -0.4 is 4.74 Å². The number of rotatable bonds is 9. The van der Waals surface area contributed by atoms with Crippen LogP contribution in [-0.2, 0) is 16.1 Å². The molecule has 1 aliphatic rings. The molecule has 2 aromatic rings. The molecule has 0 radical (unpaired) electrons. The van der Waals surface area contributed by atoms with Crippen LogP contribution in [0.4, 0.5) is 0 Å². The quantitative estimate of drug-likeness (QED) is 0.622. The molecule has 30 heavy (non-hydrogen) atoms. The third-order valence-electron chi connectivity index (χ3n) is 5.27. The SMILES string of the molecule is COc1ccc(-c2noc(CN3CCN(C(=O)C(C)OCCC(C)C)CC3)n2)cc1. The summed E-state index contributed by atoms with van der Waals surface area (Å²) in [6.07, 6.45) is 0.576. The average Bonchev–Trinajstić information content (AvgIpc) is 3.22. The first-order valence-electron chi connectivity index (χ1n) is 10.6. The smallest absolute Gasteiger partial charge is 0.251 e. The lowest BCUT2D eigenvalue weighted by atomic mass is 10.1. The van der Waals surface area contributed by atoms with Crippen molar-refractivity contribution in [1.82, 2.24) is 19.9 Å². The van der Waals surface area contributed by atoms with Gasteiger partial charge in [-0.2, -0.15) is 4.98 Å². The lowest BCUT2D eigenvalue weighted by Gasteiger charge is -2.35. The minimum atomic E-state index is -0.390. The van der Waals surface area contributed by atoms with Crippen LogP contribution in [0.3, 0.4) is 0 Å². The highest BCUT2D eigenvalue weighted by atomic mass is 16.5. The normalized spacial score (nSPS) is 16.1.